The SMILES string of the molecule is C=CCO[C@@]12Oc3ccc(Oc4cccc([N+](=O)[O-])c4)cc3[C@H]3[C@H](CCCCO)[C@@H](CCCCO)C=C(C(=NOC)C[C@@H]1N(Cc1cccc4ccccc14)C(=O)OC)[C@H]32. The lowest BCUT2D eigenvalue weighted by Gasteiger charge is -2.59. The zero-order chi connectivity index (χ0) is 42.2. The van der Waals surface area contributed by atoms with E-state index in [1.807, 2.05) is 54.6 Å². The molecule has 1 saturated carbocycles. The number of nitro benzene ring substituents is 1. The van der Waals surface area contributed by atoms with E-state index in [9.17, 15) is 25.1 Å². The van der Waals surface area contributed by atoms with Gasteiger partial charge in [0.1, 0.15) is 30.4 Å². The monoisotopic (exact) mass is 819 g/mol. The minimum atomic E-state index is -1.49. The number of nitrogens with zero attached hydrogens (tertiary/aromatic N) is 3. The molecule has 1 heterocycles. The first-order valence-corrected chi connectivity index (χ1v) is 20.6. The molecule has 316 valence electrons. The molecule has 3 aliphatic rings. The van der Waals surface area contributed by atoms with E-state index in [0.29, 0.717) is 35.8 Å². The number of nitro groups is 1. The number of methoxy groups -OCH3 is 1. The molecule has 1 aliphatic heterocycles. The molecule has 4 aromatic carbocycles. The standard InChI is InChI=1S/C47H53N3O10/c1-4-25-58-47-43(49(46(53)56-2)30-33-16-11-15-31-13-5-6-19-37(31)33)29-41(48-57-3)39-26-32(14-7-9-23-51)38(20-8-10-24-52)44(45(39)47)40-28-36(21-22-42(40)60-47)59-35-18-12-17-34(27-35)50(54)55/h4-6,11-13,15-19,21-22,26-28,32,38,43-45,51-52H,1,7-10,14,20,23-25,29-30H2,2-3H3/t32-,38+,43-,44+,45+,47+/m0/s1. The average Bonchev–Trinajstić information content (AvgIpc) is 3.26. The number of ether oxygens (including phenoxy) is 4. The van der Waals surface area contributed by atoms with Crippen LogP contribution in [0.25, 0.3) is 10.8 Å². The Morgan fingerprint density at radius 1 is 0.983 bits per heavy atom. The van der Waals surface area contributed by atoms with Gasteiger partial charge in [0.2, 0.25) is 5.79 Å². The molecular formula is C47H53N3O10. The van der Waals surface area contributed by atoms with Crippen molar-refractivity contribution >= 4 is 28.3 Å². The fourth-order valence-corrected chi connectivity index (χ4v) is 9.65. The van der Waals surface area contributed by atoms with Crippen molar-refractivity contribution in [2.45, 2.75) is 69.2 Å². The summed E-state index contributed by atoms with van der Waals surface area (Å²) in [7, 11) is 2.87. The van der Waals surface area contributed by atoms with Gasteiger partial charge in [-0.05, 0) is 83.7 Å². The van der Waals surface area contributed by atoms with Gasteiger partial charge in [-0.25, -0.2) is 4.79 Å². The van der Waals surface area contributed by atoms with Crippen LogP contribution in [0, 0.1) is 27.9 Å². The second-order valence-electron chi connectivity index (χ2n) is 15.5. The maximum Gasteiger partial charge on any atom is 0.410 e. The summed E-state index contributed by atoms with van der Waals surface area (Å²) >= 11 is 0. The van der Waals surface area contributed by atoms with E-state index in [4.69, 9.17) is 23.8 Å². The van der Waals surface area contributed by atoms with Crippen LogP contribution in [0.4, 0.5) is 10.5 Å². The molecule has 0 spiro atoms. The molecule has 60 heavy (non-hydrogen) atoms. The fraction of sp³-hybridized carbons (Fsp3) is 0.404. The van der Waals surface area contributed by atoms with Crippen molar-refractivity contribution in [3.05, 3.63) is 130 Å². The fourth-order valence-electron chi connectivity index (χ4n) is 9.65. The largest absolute Gasteiger partial charge is 0.459 e. The Bertz CT molecular complexity index is 2240. The number of non-ortho nitro benzene ring substituents is 1. The lowest BCUT2D eigenvalue weighted by atomic mass is 9.55. The van der Waals surface area contributed by atoms with E-state index < -0.39 is 28.8 Å². The van der Waals surface area contributed by atoms with Gasteiger partial charge < -0.3 is 34.0 Å². The molecule has 0 unspecified atom stereocenters. The molecule has 2 aliphatic carbocycles. The second-order valence-corrected chi connectivity index (χ2v) is 15.5. The van der Waals surface area contributed by atoms with Gasteiger partial charge in [-0.15, -0.1) is 6.58 Å². The van der Waals surface area contributed by atoms with Crippen LogP contribution < -0.4 is 9.47 Å². The van der Waals surface area contributed by atoms with E-state index in [-0.39, 0.29) is 56.2 Å². The van der Waals surface area contributed by atoms with Crippen LogP contribution in [-0.2, 0) is 20.9 Å². The van der Waals surface area contributed by atoms with E-state index >= 15 is 0 Å². The first-order valence-electron chi connectivity index (χ1n) is 20.6. The molecule has 6 atom stereocenters. The molecule has 13 heteroatoms. The zero-order valence-electron chi connectivity index (χ0n) is 34.1. The number of unbranched alkanes of at least 4 members (excludes halogenated alkanes) is 2. The second kappa shape index (κ2) is 19.1. The molecule has 0 aromatic heterocycles. The highest BCUT2D eigenvalue weighted by Crippen LogP contribution is 2.62. The first kappa shape index (κ1) is 42.4. The third-order valence-electron chi connectivity index (χ3n) is 12.1. The number of carbonyl (C=O) groups is 1. The van der Waals surface area contributed by atoms with Crippen LogP contribution in [0.5, 0.6) is 17.2 Å². The van der Waals surface area contributed by atoms with Crippen molar-refractivity contribution in [1.82, 2.24) is 4.90 Å². The van der Waals surface area contributed by atoms with Gasteiger partial charge in [0.15, 0.2) is 0 Å². The summed E-state index contributed by atoms with van der Waals surface area (Å²) in [5, 5.41) is 38.1. The van der Waals surface area contributed by atoms with Crippen molar-refractivity contribution in [1.29, 1.82) is 0 Å². The normalized spacial score (nSPS) is 23.4. The number of allylic oxidation sites excluding steroid dienone is 1. The number of amides is 1. The van der Waals surface area contributed by atoms with E-state index in [1.54, 1.807) is 29.2 Å². The molecule has 13 nitrogen and oxygen atoms in total. The number of rotatable bonds is 18. The number of hydrogen-bond donors (Lipinski definition) is 2. The highest BCUT2D eigenvalue weighted by molar-refractivity contribution is 6.03. The molecule has 0 bridgehead atoms. The third-order valence-corrected chi connectivity index (χ3v) is 12.1. The summed E-state index contributed by atoms with van der Waals surface area (Å²) in [6.07, 6.45) is 7.93. The van der Waals surface area contributed by atoms with Crippen molar-refractivity contribution < 1.29 is 43.7 Å². The Balaban J connectivity index is 1.45. The summed E-state index contributed by atoms with van der Waals surface area (Å²) in [6, 6.07) is 24.8. The van der Waals surface area contributed by atoms with Crippen LogP contribution in [0.2, 0.25) is 0 Å². The molecule has 7 rings (SSSR count). The van der Waals surface area contributed by atoms with Gasteiger partial charge in [0.25, 0.3) is 5.69 Å². The van der Waals surface area contributed by atoms with Crippen molar-refractivity contribution in [2.75, 3.05) is 34.0 Å². The average molecular weight is 820 g/mol. The number of hydrogen-bond acceptors (Lipinski definition) is 11. The Morgan fingerprint density at radius 3 is 2.48 bits per heavy atom. The quantitative estimate of drug-likeness (QED) is 0.0429. The van der Waals surface area contributed by atoms with Gasteiger partial charge in [0.05, 0.1) is 42.9 Å². The molecule has 2 N–H and O–H groups in total. The van der Waals surface area contributed by atoms with Gasteiger partial charge in [0, 0.05) is 37.2 Å². The molecule has 1 amide bonds. The Labute approximate surface area is 350 Å². The molecular weight excluding hydrogens is 767 g/mol. The summed E-state index contributed by atoms with van der Waals surface area (Å²) in [5.74, 6) is -1.00. The van der Waals surface area contributed by atoms with Gasteiger partial charge >= 0.3 is 6.09 Å². The maximum absolute atomic E-state index is 14.3. The number of benzene rings is 4. The number of aliphatic hydroxyl groups is 2. The number of fused-ring (bicyclic) bond motifs is 3. The smallest absolute Gasteiger partial charge is 0.410 e. The van der Waals surface area contributed by atoms with Gasteiger partial charge in [-0.2, -0.15) is 0 Å². The van der Waals surface area contributed by atoms with E-state index in [1.165, 1.54) is 26.4 Å². The Morgan fingerprint density at radius 2 is 1.73 bits per heavy atom. The van der Waals surface area contributed by atoms with Crippen LogP contribution in [0.1, 0.15) is 62.0 Å². The number of oxime groups is 1. The summed E-state index contributed by atoms with van der Waals surface area (Å²) in [5.41, 5.74) is 3.21. The minimum absolute atomic E-state index is 0.0152. The topological polar surface area (TPSA) is 162 Å². The van der Waals surface area contributed by atoms with Crippen LogP contribution in [0.15, 0.2) is 114 Å². The van der Waals surface area contributed by atoms with Crippen LogP contribution >= 0.6 is 0 Å². The Hall–Kier alpha value is -5.76. The number of carbonyl (C=O) groups excluding carboxylic acids is 1. The first-order chi connectivity index (χ1) is 29.3. The summed E-state index contributed by atoms with van der Waals surface area (Å²) in [6.45, 7) is 4.41. The van der Waals surface area contributed by atoms with Crippen molar-refractivity contribution in [3.8, 4) is 17.2 Å². The maximum atomic E-state index is 14.3. The van der Waals surface area contributed by atoms with Crippen molar-refractivity contribution in [2.24, 2.45) is 22.9 Å². The molecule has 1 fully saturated rings. The lowest BCUT2D eigenvalue weighted by molar-refractivity contribution is -0.384. The molecule has 0 saturated heterocycles. The predicted molar refractivity (Wildman–Crippen MR) is 227 cm³/mol. The van der Waals surface area contributed by atoms with Crippen LogP contribution in [0.3, 0.4) is 0 Å². The zero-order valence-corrected chi connectivity index (χ0v) is 34.1. The lowest BCUT2D eigenvalue weighted by Crippen LogP contribution is -2.70. The highest BCUT2D eigenvalue weighted by Gasteiger charge is 2.65. The third kappa shape index (κ3) is 8.47. The van der Waals surface area contributed by atoms with E-state index in [2.05, 4.69) is 17.8 Å². The van der Waals surface area contributed by atoms with Crippen LogP contribution in [-0.4, -0.2) is 77.7 Å². The van der Waals surface area contributed by atoms with E-state index in [0.717, 1.165) is 53.2 Å². The number of aliphatic hydroxyl groups excluding tert-OH is 2. The predicted octanol–water partition coefficient (Wildman–Crippen LogP) is 9.07. The molecule has 4 aromatic rings. The van der Waals surface area contributed by atoms with Gasteiger partial charge in [-0.1, -0.05) is 78.7 Å². The minimum Gasteiger partial charge on any atom is -0.459 e. The highest BCUT2D eigenvalue weighted by atomic mass is 16.7. The Kier molecular flexibility index (Phi) is 13.5. The summed E-state index contributed by atoms with van der Waals surface area (Å²) in [4.78, 5) is 32.7. The van der Waals surface area contributed by atoms with Crippen molar-refractivity contribution in [3.63, 3.8) is 0 Å². The summed E-state index contributed by atoms with van der Waals surface area (Å²) < 4.78 is 26.2. The molecule has 0 radical (unpaired) electrons. The van der Waals surface area contributed by atoms with Gasteiger partial charge in [-0.3, -0.25) is 15.0 Å².